The average molecular weight is 526 g/mol. The molecule has 2 aromatic carbocycles. The summed E-state index contributed by atoms with van der Waals surface area (Å²) in [7, 11) is 0. The van der Waals surface area contributed by atoms with Crippen molar-refractivity contribution in [2.24, 2.45) is 0 Å². The first kappa shape index (κ1) is 26.3. The standard InChI is InChI=1S/C31H35N5O3/c1-4-22-14-16-23(17-15-22)29-27-13-10-20-34(27)30-25(21-35(29)31(38)32-19-18-28(37)39-6-3)26(5-2)33-36(30)24-11-8-7-9-12-24/h7-17,20,29H,4-6,18-19,21H2,1-3H3,(H,32,38)/t29-/m0/s1. The number of aryl methyl sites for hydroxylation is 2. The van der Waals surface area contributed by atoms with E-state index >= 15 is 0 Å². The highest BCUT2D eigenvalue weighted by molar-refractivity contribution is 5.77. The minimum atomic E-state index is -0.338. The first-order chi connectivity index (χ1) is 19.0. The lowest BCUT2D eigenvalue weighted by molar-refractivity contribution is -0.142. The second kappa shape index (κ2) is 11.6. The van der Waals surface area contributed by atoms with Gasteiger partial charge in [-0.05, 0) is 55.2 Å². The highest BCUT2D eigenvalue weighted by atomic mass is 16.5. The van der Waals surface area contributed by atoms with Crippen molar-refractivity contribution in [3.8, 4) is 11.5 Å². The molecule has 1 atom stereocenters. The number of fused-ring (bicyclic) bond motifs is 3. The van der Waals surface area contributed by atoms with Crippen molar-refractivity contribution in [1.29, 1.82) is 0 Å². The van der Waals surface area contributed by atoms with Crippen molar-refractivity contribution in [1.82, 2.24) is 24.6 Å². The van der Waals surface area contributed by atoms with Gasteiger partial charge in [0.1, 0.15) is 5.82 Å². The SMILES string of the molecule is CCOC(=O)CCNC(=O)N1Cc2c(CC)nn(-c3ccccc3)c2-n2cccc2[C@@H]1c1ccc(CC)cc1. The quantitative estimate of drug-likeness (QED) is 0.314. The summed E-state index contributed by atoms with van der Waals surface area (Å²) in [6, 6.07) is 22.1. The van der Waals surface area contributed by atoms with E-state index in [1.807, 2.05) is 52.2 Å². The smallest absolute Gasteiger partial charge is 0.318 e. The summed E-state index contributed by atoms with van der Waals surface area (Å²) in [5, 5.41) is 7.97. The van der Waals surface area contributed by atoms with Crippen molar-refractivity contribution < 1.29 is 14.3 Å². The van der Waals surface area contributed by atoms with Crippen molar-refractivity contribution in [3.63, 3.8) is 0 Å². The van der Waals surface area contributed by atoms with Gasteiger partial charge in [-0.3, -0.25) is 4.79 Å². The lowest BCUT2D eigenvalue weighted by Crippen LogP contribution is -2.42. The second-order valence-corrected chi connectivity index (χ2v) is 9.57. The topological polar surface area (TPSA) is 81.4 Å². The predicted octanol–water partition coefficient (Wildman–Crippen LogP) is 5.36. The van der Waals surface area contributed by atoms with Gasteiger partial charge in [-0.15, -0.1) is 0 Å². The average Bonchev–Trinajstić information content (AvgIpc) is 3.55. The number of hydrogen-bond acceptors (Lipinski definition) is 4. The fraction of sp³-hybridized carbons (Fsp3) is 0.323. The van der Waals surface area contributed by atoms with Crippen LogP contribution in [0.1, 0.15) is 61.3 Å². The molecule has 0 unspecified atom stereocenters. The summed E-state index contributed by atoms with van der Waals surface area (Å²) >= 11 is 0. The van der Waals surface area contributed by atoms with Gasteiger partial charge in [0.25, 0.3) is 0 Å². The third kappa shape index (κ3) is 5.19. The van der Waals surface area contributed by atoms with Crippen LogP contribution in [-0.4, -0.2) is 44.4 Å². The molecule has 0 fully saturated rings. The van der Waals surface area contributed by atoms with Gasteiger partial charge in [-0.25, -0.2) is 9.48 Å². The number of urea groups is 1. The Morgan fingerprint density at radius 1 is 0.974 bits per heavy atom. The van der Waals surface area contributed by atoms with Crippen molar-refractivity contribution >= 4 is 12.0 Å². The first-order valence-corrected chi connectivity index (χ1v) is 13.7. The molecule has 1 aliphatic rings. The third-order valence-corrected chi connectivity index (χ3v) is 7.18. The number of para-hydroxylation sites is 1. The van der Waals surface area contributed by atoms with E-state index < -0.39 is 0 Å². The van der Waals surface area contributed by atoms with Crippen LogP contribution in [-0.2, 0) is 28.9 Å². The van der Waals surface area contributed by atoms with Crippen LogP contribution in [0.3, 0.4) is 0 Å². The van der Waals surface area contributed by atoms with E-state index in [0.717, 1.165) is 46.9 Å². The molecule has 39 heavy (non-hydrogen) atoms. The Hall–Kier alpha value is -4.33. The summed E-state index contributed by atoms with van der Waals surface area (Å²) in [4.78, 5) is 27.6. The molecule has 3 heterocycles. The Labute approximate surface area is 229 Å². The van der Waals surface area contributed by atoms with E-state index in [-0.39, 0.29) is 31.0 Å². The fourth-order valence-electron chi connectivity index (χ4n) is 5.24. The maximum atomic E-state index is 13.8. The van der Waals surface area contributed by atoms with Crippen molar-refractivity contribution in [3.05, 3.63) is 101 Å². The molecular weight excluding hydrogens is 490 g/mol. The summed E-state index contributed by atoms with van der Waals surface area (Å²) in [6.45, 7) is 6.89. The molecule has 202 valence electrons. The molecule has 0 radical (unpaired) electrons. The first-order valence-electron chi connectivity index (χ1n) is 13.7. The number of nitrogens with zero attached hydrogens (tertiary/aromatic N) is 4. The summed E-state index contributed by atoms with van der Waals surface area (Å²) in [6.07, 6.45) is 3.84. The van der Waals surface area contributed by atoms with Crippen LogP contribution in [0.25, 0.3) is 11.5 Å². The monoisotopic (exact) mass is 525 g/mol. The summed E-state index contributed by atoms with van der Waals surface area (Å²) in [5.74, 6) is 0.615. The molecule has 1 N–H and O–H groups in total. The number of ether oxygens (including phenoxy) is 1. The van der Waals surface area contributed by atoms with Gasteiger partial charge in [0.05, 0.1) is 42.7 Å². The number of nitrogens with one attached hydrogen (secondary N) is 1. The van der Waals surface area contributed by atoms with Gasteiger partial charge in [-0.1, -0.05) is 56.3 Å². The van der Waals surface area contributed by atoms with Crippen molar-refractivity contribution in [2.75, 3.05) is 13.2 Å². The molecule has 0 bridgehead atoms. The van der Waals surface area contributed by atoms with E-state index in [1.54, 1.807) is 6.92 Å². The molecule has 1 aliphatic heterocycles. The highest BCUT2D eigenvalue weighted by Crippen LogP contribution is 2.38. The third-order valence-electron chi connectivity index (χ3n) is 7.18. The van der Waals surface area contributed by atoms with Crippen LogP contribution in [0, 0.1) is 0 Å². The molecular formula is C31H35N5O3. The molecule has 0 saturated heterocycles. The Balaban J connectivity index is 1.62. The molecule has 8 heteroatoms. The Kier molecular flexibility index (Phi) is 7.81. The lowest BCUT2D eigenvalue weighted by Gasteiger charge is -2.31. The number of hydrogen-bond donors (Lipinski definition) is 1. The fourth-order valence-corrected chi connectivity index (χ4v) is 5.24. The Bertz CT molecular complexity index is 1440. The van der Waals surface area contributed by atoms with Crippen LogP contribution < -0.4 is 5.32 Å². The van der Waals surface area contributed by atoms with E-state index in [2.05, 4.69) is 54.1 Å². The highest BCUT2D eigenvalue weighted by Gasteiger charge is 2.36. The zero-order valence-corrected chi connectivity index (χ0v) is 22.8. The van der Waals surface area contributed by atoms with Crippen LogP contribution >= 0.6 is 0 Å². The normalized spacial score (nSPS) is 14.3. The van der Waals surface area contributed by atoms with Gasteiger partial charge in [-0.2, -0.15) is 5.10 Å². The molecule has 0 saturated carbocycles. The number of rotatable bonds is 8. The number of carbonyl (C=O) groups excluding carboxylic acids is 2. The van der Waals surface area contributed by atoms with E-state index in [1.165, 1.54) is 5.56 Å². The zero-order chi connectivity index (χ0) is 27.4. The molecule has 0 aliphatic carbocycles. The van der Waals surface area contributed by atoms with Crippen LogP contribution in [0.4, 0.5) is 4.79 Å². The number of amides is 2. The van der Waals surface area contributed by atoms with Crippen LogP contribution in [0.15, 0.2) is 72.9 Å². The molecule has 2 aromatic heterocycles. The maximum Gasteiger partial charge on any atom is 0.318 e. The molecule has 4 aromatic rings. The number of benzene rings is 2. The number of esters is 1. The zero-order valence-electron chi connectivity index (χ0n) is 22.8. The molecule has 2 amide bonds. The molecule has 8 nitrogen and oxygen atoms in total. The molecule has 5 rings (SSSR count). The van der Waals surface area contributed by atoms with E-state index in [0.29, 0.717) is 13.2 Å². The van der Waals surface area contributed by atoms with Crippen molar-refractivity contribution in [2.45, 2.75) is 52.6 Å². The number of aromatic nitrogens is 3. The number of carbonyl (C=O) groups is 2. The van der Waals surface area contributed by atoms with Gasteiger partial charge in [0, 0.05) is 18.3 Å². The Morgan fingerprint density at radius 2 is 1.74 bits per heavy atom. The molecule has 0 spiro atoms. The minimum absolute atomic E-state index is 0.122. The van der Waals surface area contributed by atoms with Crippen LogP contribution in [0.5, 0.6) is 0 Å². The largest absolute Gasteiger partial charge is 0.466 e. The van der Waals surface area contributed by atoms with E-state index in [4.69, 9.17) is 9.84 Å². The van der Waals surface area contributed by atoms with E-state index in [9.17, 15) is 9.59 Å². The summed E-state index contributed by atoms with van der Waals surface area (Å²) in [5.41, 5.74) is 6.15. The van der Waals surface area contributed by atoms with Gasteiger partial charge >= 0.3 is 12.0 Å². The van der Waals surface area contributed by atoms with Gasteiger partial charge in [0.2, 0.25) is 0 Å². The second-order valence-electron chi connectivity index (χ2n) is 9.57. The van der Waals surface area contributed by atoms with Gasteiger partial charge in [0.15, 0.2) is 0 Å². The maximum absolute atomic E-state index is 13.8. The predicted molar refractivity (Wildman–Crippen MR) is 150 cm³/mol. The minimum Gasteiger partial charge on any atom is -0.466 e. The summed E-state index contributed by atoms with van der Waals surface area (Å²) < 4.78 is 9.19. The van der Waals surface area contributed by atoms with Gasteiger partial charge < -0.3 is 19.5 Å². The lowest BCUT2D eigenvalue weighted by atomic mass is 9.99. The van der Waals surface area contributed by atoms with Crippen LogP contribution in [0.2, 0.25) is 0 Å². The Morgan fingerprint density at radius 3 is 2.44 bits per heavy atom.